The molecule has 0 bridgehead atoms. The number of anilines is 1. The number of carbonyl (C=O) groups excluding carboxylic acids is 2. The first-order chi connectivity index (χ1) is 11.6. The molecule has 0 spiro atoms. The van der Waals surface area contributed by atoms with E-state index in [4.69, 9.17) is 0 Å². The first kappa shape index (κ1) is 16.7. The summed E-state index contributed by atoms with van der Waals surface area (Å²) in [4.78, 5) is 30.3. The fraction of sp³-hybridized carbons (Fsp3) is 0.556. The Morgan fingerprint density at radius 1 is 1.17 bits per heavy atom. The highest BCUT2D eigenvalue weighted by Crippen LogP contribution is 2.23. The van der Waals surface area contributed by atoms with Crippen LogP contribution in [0.5, 0.6) is 0 Å². The Morgan fingerprint density at radius 3 is 2.62 bits per heavy atom. The number of likely N-dealkylation sites (tertiary alicyclic amines) is 1. The lowest BCUT2D eigenvalue weighted by Crippen LogP contribution is -2.48. The van der Waals surface area contributed by atoms with Gasteiger partial charge in [-0.3, -0.25) is 9.69 Å². The number of hydrogen-bond donors (Lipinski definition) is 0. The van der Waals surface area contributed by atoms with Gasteiger partial charge in [0.1, 0.15) is 12.4 Å². The van der Waals surface area contributed by atoms with Gasteiger partial charge in [-0.1, -0.05) is 6.92 Å². The number of carbonyl (C=O) groups is 2. The summed E-state index contributed by atoms with van der Waals surface area (Å²) in [6.45, 7) is 4.07. The largest absolute Gasteiger partial charge is 0.338 e. The molecular weight excluding hydrogens is 309 g/mol. The minimum Gasteiger partial charge on any atom is -0.338 e. The van der Waals surface area contributed by atoms with E-state index in [2.05, 4.69) is 6.92 Å². The number of piperidine rings is 1. The third-order valence-electron chi connectivity index (χ3n) is 4.98. The van der Waals surface area contributed by atoms with Crippen molar-refractivity contribution in [3.05, 3.63) is 30.1 Å². The van der Waals surface area contributed by atoms with Gasteiger partial charge in [0.15, 0.2) is 0 Å². The second-order valence-electron chi connectivity index (χ2n) is 6.48. The second kappa shape index (κ2) is 7.20. The first-order valence-corrected chi connectivity index (χ1v) is 8.71. The van der Waals surface area contributed by atoms with Crippen molar-refractivity contribution in [1.82, 2.24) is 9.80 Å². The van der Waals surface area contributed by atoms with Crippen molar-refractivity contribution in [2.24, 2.45) is 0 Å². The maximum Gasteiger partial charge on any atom is 0.325 e. The van der Waals surface area contributed by atoms with Gasteiger partial charge in [0.05, 0.1) is 0 Å². The molecule has 6 heteroatoms. The molecule has 2 aliphatic heterocycles. The van der Waals surface area contributed by atoms with Gasteiger partial charge in [-0.25, -0.2) is 9.18 Å². The molecule has 1 aromatic rings. The summed E-state index contributed by atoms with van der Waals surface area (Å²) in [5, 5.41) is 0. The van der Waals surface area contributed by atoms with Crippen LogP contribution in [0, 0.1) is 5.82 Å². The van der Waals surface area contributed by atoms with Crippen molar-refractivity contribution in [2.45, 2.75) is 38.6 Å². The van der Waals surface area contributed by atoms with Gasteiger partial charge in [0, 0.05) is 31.4 Å². The predicted molar refractivity (Wildman–Crippen MR) is 90.4 cm³/mol. The van der Waals surface area contributed by atoms with E-state index in [9.17, 15) is 14.0 Å². The second-order valence-corrected chi connectivity index (χ2v) is 6.48. The Labute approximate surface area is 142 Å². The molecule has 0 N–H and O–H groups in total. The van der Waals surface area contributed by atoms with E-state index in [0.717, 1.165) is 25.8 Å². The lowest BCUT2D eigenvalue weighted by molar-refractivity contribution is -0.135. The van der Waals surface area contributed by atoms with Gasteiger partial charge in [-0.15, -0.1) is 0 Å². The number of hydrogen-bond acceptors (Lipinski definition) is 2. The summed E-state index contributed by atoms with van der Waals surface area (Å²) < 4.78 is 13.0. The minimum atomic E-state index is -0.326. The Hall–Kier alpha value is -2.11. The Balaban J connectivity index is 1.63. The molecule has 2 aliphatic rings. The maximum absolute atomic E-state index is 13.0. The number of halogens is 1. The van der Waals surface area contributed by atoms with Gasteiger partial charge in [-0.05, 0) is 49.9 Å². The van der Waals surface area contributed by atoms with Crippen LogP contribution in [0.15, 0.2) is 24.3 Å². The van der Waals surface area contributed by atoms with E-state index in [-0.39, 0.29) is 24.3 Å². The molecule has 2 fully saturated rings. The fourth-order valence-electron chi connectivity index (χ4n) is 3.60. The van der Waals surface area contributed by atoms with E-state index in [0.29, 0.717) is 24.8 Å². The molecular formula is C18H24FN3O2. The molecule has 0 radical (unpaired) electrons. The van der Waals surface area contributed by atoms with E-state index in [1.54, 1.807) is 21.9 Å². The molecule has 3 amide bonds. The minimum absolute atomic E-state index is 0.0378. The average Bonchev–Trinajstić information content (AvgIpc) is 2.96. The number of amides is 3. The third-order valence-corrected chi connectivity index (χ3v) is 4.98. The Kier molecular flexibility index (Phi) is 5.02. The third kappa shape index (κ3) is 3.37. The number of rotatable bonds is 4. The molecule has 5 nitrogen and oxygen atoms in total. The van der Waals surface area contributed by atoms with Crippen molar-refractivity contribution in [3.8, 4) is 0 Å². The smallest absolute Gasteiger partial charge is 0.325 e. The van der Waals surface area contributed by atoms with Gasteiger partial charge < -0.3 is 9.80 Å². The molecule has 1 aromatic carbocycles. The zero-order valence-electron chi connectivity index (χ0n) is 14.1. The molecule has 1 unspecified atom stereocenters. The zero-order chi connectivity index (χ0) is 17.1. The molecule has 0 aromatic heterocycles. The van der Waals surface area contributed by atoms with E-state index in [1.807, 2.05) is 4.90 Å². The van der Waals surface area contributed by atoms with Crippen LogP contribution in [-0.4, -0.2) is 54.0 Å². The van der Waals surface area contributed by atoms with Crippen LogP contribution < -0.4 is 4.90 Å². The molecule has 24 heavy (non-hydrogen) atoms. The van der Waals surface area contributed by atoms with E-state index in [1.165, 1.54) is 18.6 Å². The highest BCUT2D eigenvalue weighted by Gasteiger charge is 2.33. The molecule has 0 aliphatic carbocycles. The molecule has 2 heterocycles. The highest BCUT2D eigenvalue weighted by molar-refractivity contribution is 5.96. The quantitative estimate of drug-likeness (QED) is 0.850. The van der Waals surface area contributed by atoms with Crippen LogP contribution in [0.4, 0.5) is 14.9 Å². The zero-order valence-corrected chi connectivity index (χ0v) is 14.1. The van der Waals surface area contributed by atoms with Crippen LogP contribution in [-0.2, 0) is 4.79 Å². The SMILES string of the molecule is CCC1CCCCN1C(=O)CN1CCN(c2ccc(F)cc2)C1=O. The maximum atomic E-state index is 13.0. The van der Waals surface area contributed by atoms with Crippen LogP contribution >= 0.6 is 0 Å². The van der Waals surface area contributed by atoms with Gasteiger partial charge in [0.25, 0.3) is 0 Å². The fourth-order valence-corrected chi connectivity index (χ4v) is 3.60. The van der Waals surface area contributed by atoms with Gasteiger partial charge >= 0.3 is 6.03 Å². The first-order valence-electron chi connectivity index (χ1n) is 8.71. The number of benzene rings is 1. The molecule has 2 saturated heterocycles. The summed E-state index contributed by atoms with van der Waals surface area (Å²) in [7, 11) is 0. The summed E-state index contributed by atoms with van der Waals surface area (Å²) in [6, 6.07) is 6.00. The Bertz CT molecular complexity index is 605. The lowest BCUT2D eigenvalue weighted by atomic mass is 10.00. The molecule has 3 rings (SSSR count). The van der Waals surface area contributed by atoms with Crippen molar-refractivity contribution >= 4 is 17.6 Å². The lowest BCUT2D eigenvalue weighted by Gasteiger charge is -2.36. The van der Waals surface area contributed by atoms with E-state index < -0.39 is 0 Å². The van der Waals surface area contributed by atoms with Crippen LogP contribution in [0.1, 0.15) is 32.6 Å². The topological polar surface area (TPSA) is 43.9 Å². The molecule has 0 saturated carbocycles. The van der Waals surface area contributed by atoms with Crippen molar-refractivity contribution in [2.75, 3.05) is 31.1 Å². The summed E-state index contributed by atoms with van der Waals surface area (Å²) >= 11 is 0. The van der Waals surface area contributed by atoms with Crippen LogP contribution in [0.2, 0.25) is 0 Å². The van der Waals surface area contributed by atoms with Crippen molar-refractivity contribution < 1.29 is 14.0 Å². The van der Waals surface area contributed by atoms with Gasteiger partial charge in [-0.2, -0.15) is 0 Å². The monoisotopic (exact) mass is 333 g/mol. The average molecular weight is 333 g/mol. The molecule has 1 atom stereocenters. The normalized spacial score (nSPS) is 21.5. The summed E-state index contributed by atoms with van der Waals surface area (Å²) in [5.74, 6) is -0.288. The van der Waals surface area contributed by atoms with Crippen molar-refractivity contribution in [3.63, 3.8) is 0 Å². The number of nitrogens with zero attached hydrogens (tertiary/aromatic N) is 3. The summed E-state index contributed by atoms with van der Waals surface area (Å²) in [5.41, 5.74) is 0.667. The van der Waals surface area contributed by atoms with Gasteiger partial charge in [0.2, 0.25) is 5.91 Å². The highest BCUT2D eigenvalue weighted by atomic mass is 19.1. The van der Waals surface area contributed by atoms with Crippen LogP contribution in [0.25, 0.3) is 0 Å². The number of urea groups is 1. The standard InChI is InChI=1S/C18H24FN3O2/c1-2-15-5-3-4-10-21(15)17(23)13-20-11-12-22(18(20)24)16-8-6-14(19)7-9-16/h6-9,15H,2-5,10-13H2,1H3. The summed E-state index contributed by atoms with van der Waals surface area (Å²) in [6.07, 6.45) is 4.22. The van der Waals surface area contributed by atoms with E-state index >= 15 is 0 Å². The Morgan fingerprint density at radius 2 is 1.92 bits per heavy atom. The van der Waals surface area contributed by atoms with Crippen LogP contribution in [0.3, 0.4) is 0 Å². The predicted octanol–water partition coefficient (Wildman–Crippen LogP) is 2.86. The molecule has 130 valence electrons. The van der Waals surface area contributed by atoms with Crippen molar-refractivity contribution in [1.29, 1.82) is 0 Å².